The smallest absolute Gasteiger partial charge is 0.317 e. The second-order valence-electron chi connectivity index (χ2n) is 7.90. The van der Waals surface area contributed by atoms with Gasteiger partial charge in [0, 0.05) is 50.5 Å². The largest absolute Gasteiger partial charge is 0.377 e. The molecule has 1 saturated heterocycles. The topological polar surface area (TPSA) is 60.6 Å². The summed E-state index contributed by atoms with van der Waals surface area (Å²) in [7, 11) is 0. The number of hydrogen-bond acceptors (Lipinski definition) is 3. The van der Waals surface area contributed by atoms with E-state index < -0.39 is 0 Å². The van der Waals surface area contributed by atoms with Crippen molar-refractivity contribution in [2.45, 2.75) is 52.3 Å². The molecule has 3 rings (SSSR count). The lowest BCUT2D eigenvalue weighted by atomic mass is 10.1. The minimum Gasteiger partial charge on any atom is -0.377 e. The number of hydrogen-bond donors (Lipinski definition) is 2. The van der Waals surface area contributed by atoms with Crippen molar-refractivity contribution in [1.29, 1.82) is 0 Å². The van der Waals surface area contributed by atoms with E-state index >= 15 is 0 Å². The minimum absolute atomic E-state index is 0.0401. The number of nitrogens with one attached hydrogen (secondary N) is 2. The molecule has 1 aliphatic heterocycles. The first-order valence-electron chi connectivity index (χ1n) is 10.5. The van der Waals surface area contributed by atoms with Crippen LogP contribution in [0.25, 0.3) is 10.9 Å². The second-order valence-corrected chi connectivity index (χ2v) is 7.90. The Morgan fingerprint density at radius 1 is 1.32 bits per heavy atom. The van der Waals surface area contributed by atoms with Crippen LogP contribution in [0.4, 0.5) is 4.79 Å². The van der Waals surface area contributed by atoms with Gasteiger partial charge in [-0.05, 0) is 62.8 Å². The average Bonchev–Trinajstić information content (AvgIpc) is 3.15. The third kappa shape index (κ3) is 5.72. The summed E-state index contributed by atoms with van der Waals surface area (Å²) in [6.07, 6.45) is 4.23. The lowest BCUT2D eigenvalue weighted by Crippen LogP contribution is -2.49. The summed E-state index contributed by atoms with van der Waals surface area (Å²) in [6.45, 7) is 11.3. The van der Waals surface area contributed by atoms with Crippen molar-refractivity contribution in [1.82, 2.24) is 20.1 Å². The molecule has 0 unspecified atom stereocenters. The number of urea groups is 1. The predicted octanol–water partition coefficient (Wildman–Crippen LogP) is 3.59. The summed E-state index contributed by atoms with van der Waals surface area (Å²) in [5.41, 5.74) is 2.28. The van der Waals surface area contributed by atoms with E-state index in [2.05, 4.69) is 53.3 Å². The first kappa shape index (κ1) is 20.7. The number of nitrogens with zero attached hydrogens (tertiary/aromatic N) is 2. The highest BCUT2D eigenvalue weighted by molar-refractivity contribution is 5.80. The van der Waals surface area contributed by atoms with Crippen LogP contribution in [0.3, 0.4) is 0 Å². The maximum Gasteiger partial charge on any atom is 0.317 e. The Morgan fingerprint density at radius 2 is 2.11 bits per heavy atom. The molecule has 0 aliphatic carbocycles. The van der Waals surface area contributed by atoms with Crippen molar-refractivity contribution in [3.63, 3.8) is 0 Å². The molecule has 6 nitrogen and oxygen atoms in total. The van der Waals surface area contributed by atoms with Crippen molar-refractivity contribution in [2.75, 3.05) is 32.8 Å². The van der Waals surface area contributed by atoms with Crippen molar-refractivity contribution >= 4 is 16.9 Å². The van der Waals surface area contributed by atoms with E-state index in [4.69, 9.17) is 4.74 Å². The summed E-state index contributed by atoms with van der Waals surface area (Å²) in [6, 6.07) is 8.69. The summed E-state index contributed by atoms with van der Waals surface area (Å²) in [4.78, 5) is 20.3. The molecule has 0 bridgehead atoms. The van der Waals surface area contributed by atoms with Crippen molar-refractivity contribution in [3.05, 3.63) is 36.0 Å². The van der Waals surface area contributed by atoms with Crippen molar-refractivity contribution in [2.24, 2.45) is 0 Å². The zero-order valence-electron chi connectivity index (χ0n) is 17.4. The van der Waals surface area contributed by atoms with Gasteiger partial charge in [-0.25, -0.2) is 4.79 Å². The molecule has 2 amide bonds. The number of likely N-dealkylation sites (tertiary alicyclic amines) is 1. The molecule has 1 aliphatic rings. The molecule has 0 saturated carbocycles. The Kier molecular flexibility index (Phi) is 7.34. The fourth-order valence-corrected chi connectivity index (χ4v) is 3.73. The number of piperidine rings is 1. The maximum atomic E-state index is 12.8. The SMILES string of the molecule is CCN(Cc1ccc2[nH]ccc2c1)C(=O)NC1CCN(CCOC(C)C)CC1. The maximum absolute atomic E-state index is 12.8. The Hall–Kier alpha value is -2.05. The zero-order valence-corrected chi connectivity index (χ0v) is 17.4. The molecular weight excluding hydrogens is 352 g/mol. The van der Waals surface area contributed by atoms with Gasteiger partial charge in [0.05, 0.1) is 12.7 Å². The molecule has 1 fully saturated rings. The minimum atomic E-state index is 0.0401. The molecular formula is C22H34N4O2. The number of carbonyl (C=O) groups excluding carboxylic acids is 1. The Balaban J connectivity index is 1.45. The molecule has 0 atom stereocenters. The van der Waals surface area contributed by atoms with Gasteiger partial charge < -0.3 is 24.8 Å². The van der Waals surface area contributed by atoms with Gasteiger partial charge in [0.2, 0.25) is 0 Å². The first-order chi connectivity index (χ1) is 13.5. The fourth-order valence-electron chi connectivity index (χ4n) is 3.73. The normalized spacial score (nSPS) is 16.0. The molecule has 28 heavy (non-hydrogen) atoms. The van der Waals surface area contributed by atoms with Gasteiger partial charge in [0.1, 0.15) is 0 Å². The number of aromatic amines is 1. The van der Waals surface area contributed by atoms with Gasteiger partial charge in [-0.2, -0.15) is 0 Å². The van der Waals surface area contributed by atoms with E-state index in [1.807, 2.05) is 18.0 Å². The number of rotatable bonds is 8. The van der Waals surface area contributed by atoms with E-state index in [1.54, 1.807) is 0 Å². The number of aromatic nitrogens is 1. The number of H-pyrrole nitrogens is 1. The second kappa shape index (κ2) is 9.94. The third-order valence-corrected chi connectivity index (χ3v) is 5.43. The number of ether oxygens (including phenoxy) is 1. The number of fused-ring (bicyclic) bond motifs is 1. The Labute approximate surface area is 168 Å². The van der Waals surface area contributed by atoms with Crippen LogP contribution in [0.5, 0.6) is 0 Å². The van der Waals surface area contributed by atoms with E-state index in [0.29, 0.717) is 13.1 Å². The van der Waals surface area contributed by atoms with E-state index in [0.717, 1.165) is 50.2 Å². The lowest BCUT2D eigenvalue weighted by molar-refractivity contribution is 0.0527. The molecule has 0 radical (unpaired) electrons. The van der Waals surface area contributed by atoms with Gasteiger partial charge >= 0.3 is 6.03 Å². The molecule has 2 heterocycles. The van der Waals surface area contributed by atoms with Crippen LogP contribution in [-0.2, 0) is 11.3 Å². The van der Waals surface area contributed by atoms with Crippen LogP contribution in [0.15, 0.2) is 30.5 Å². The van der Waals surface area contributed by atoms with E-state index in [9.17, 15) is 4.79 Å². The van der Waals surface area contributed by atoms with Gasteiger partial charge in [0.25, 0.3) is 0 Å². The van der Waals surface area contributed by atoms with Gasteiger partial charge in [-0.15, -0.1) is 0 Å². The highest BCUT2D eigenvalue weighted by Crippen LogP contribution is 2.16. The highest BCUT2D eigenvalue weighted by Gasteiger charge is 2.22. The highest BCUT2D eigenvalue weighted by atomic mass is 16.5. The van der Waals surface area contributed by atoms with Crippen LogP contribution in [0, 0.1) is 0 Å². The van der Waals surface area contributed by atoms with Crippen LogP contribution in [-0.4, -0.2) is 65.7 Å². The molecule has 1 aromatic heterocycles. The van der Waals surface area contributed by atoms with E-state index in [-0.39, 0.29) is 18.2 Å². The standard InChI is InChI=1S/C22H34N4O2/c1-4-26(16-18-5-6-21-19(15-18)7-10-23-21)22(27)24-20-8-11-25(12-9-20)13-14-28-17(2)3/h5-7,10,15,17,20,23H,4,8-9,11-14,16H2,1-3H3,(H,24,27). The van der Waals surface area contributed by atoms with Gasteiger partial charge in [-0.3, -0.25) is 0 Å². The summed E-state index contributed by atoms with van der Waals surface area (Å²) in [5.74, 6) is 0. The van der Waals surface area contributed by atoms with Crippen LogP contribution < -0.4 is 5.32 Å². The molecule has 154 valence electrons. The summed E-state index contributed by atoms with van der Waals surface area (Å²) >= 11 is 0. The molecule has 6 heteroatoms. The van der Waals surface area contributed by atoms with Crippen LogP contribution in [0.1, 0.15) is 39.2 Å². The number of benzene rings is 1. The first-order valence-corrected chi connectivity index (χ1v) is 10.5. The monoisotopic (exact) mass is 386 g/mol. The fraction of sp³-hybridized carbons (Fsp3) is 0.591. The molecule has 2 N–H and O–H groups in total. The van der Waals surface area contributed by atoms with Crippen molar-refractivity contribution in [3.8, 4) is 0 Å². The number of carbonyl (C=O) groups is 1. The number of amides is 2. The third-order valence-electron chi connectivity index (χ3n) is 5.43. The van der Waals surface area contributed by atoms with Gasteiger partial charge in [0.15, 0.2) is 0 Å². The lowest BCUT2D eigenvalue weighted by Gasteiger charge is -2.33. The van der Waals surface area contributed by atoms with Crippen molar-refractivity contribution < 1.29 is 9.53 Å². The van der Waals surface area contributed by atoms with Crippen LogP contribution >= 0.6 is 0 Å². The molecule has 1 aromatic carbocycles. The Morgan fingerprint density at radius 3 is 2.82 bits per heavy atom. The molecule has 2 aromatic rings. The van der Waals surface area contributed by atoms with E-state index in [1.165, 1.54) is 5.39 Å². The quantitative estimate of drug-likeness (QED) is 0.729. The average molecular weight is 387 g/mol. The molecule has 0 spiro atoms. The zero-order chi connectivity index (χ0) is 19.9. The Bertz CT molecular complexity index is 750. The van der Waals surface area contributed by atoms with Crippen LogP contribution in [0.2, 0.25) is 0 Å². The van der Waals surface area contributed by atoms with Gasteiger partial charge in [-0.1, -0.05) is 6.07 Å². The summed E-state index contributed by atoms with van der Waals surface area (Å²) < 4.78 is 5.64. The predicted molar refractivity (Wildman–Crippen MR) is 113 cm³/mol. The summed E-state index contributed by atoms with van der Waals surface area (Å²) in [5, 5.41) is 4.42.